The fourth-order valence-electron chi connectivity index (χ4n) is 1.27. The Labute approximate surface area is 108 Å². The van der Waals surface area contributed by atoms with E-state index >= 15 is 0 Å². The topological polar surface area (TPSA) is 55.1 Å². The highest BCUT2D eigenvalue weighted by Gasteiger charge is 2.13. The van der Waals surface area contributed by atoms with Gasteiger partial charge in [-0.2, -0.15) is 0 Å². The van der Waals surface area contributed by atoms with Crippen LogP contribution in [-0.2, 0) is 0 Å². The van der Waals surface area contributed by atoms with Gasteiger partial charge in [0.2, 0.25) is 0 Å². The maximum atomic E-state index is 11.8. The van der Waals surface area contributed by atoms with Crippen LogP contribution in [0.2, 0.25) is 10.0 Å². The Kier molecular flexibility index (Phi) is 3.36. The second-order valence-electron chi connectivity index (χ2n) is 3.43. The number of nitrogens with zero attached hydrogens (tertiary/aromatic N) is 1. The van der Waals surface area contributed by atoms with Crippen molar-refractivity contribution in [1.29, 1.82) is 0 Å². The number of carbonyl (C=O) groups excluding carboxylic acids is 1. The maximum absolute atomic E-state index is 11.8. The lowest BCUT2D eigenvalue weighted by atomic mass is 10.2. The molecule has 2 aromatic rings. The van der Waals surface area contributed by atoms with Crippen LogP contribution in [0.4, 0.5) is 5.69 Å². The lowest BCUT2D eigenvalue weighted by Crippen LogP contribution is -2.13. The van der Waals surface area contributed by atoms with Crippen LogP contribution in [0.3, 0.4) is 0 Å². The summed E-state index contributed by atoms with van der Waals surface area (Å²) in [6.07, 6.45) is 1.41. The summed E-state index contributed by atoms with van der Waals surface area (Å²) in [5, 5.41) is 7.06. The van der Waals surface area contributed by atoms with Gasteiger partial charge in [-0.25, -0.2) is 0 Å². The van der Waals surface area contributed by atoms with Gasteiger partial charge >= 0.3 is 0 Å². The number of anilines is 1. The molecule has 17 heavy (non-hydrogen) atoms. The highest BCUT2D eigenvalue weighted by molar-refractivity contribution is 6.42. The van der Waals surface area contributed by atoms with Crippen molar-refractivity contribution >= 4 is 34.8 Å². The molecular formula is C11H8Cl2N2O2. The van der Waals surface area contributed by atoms with Crippen molar-refractivity contribution in [2.45, 2.75) is 6.92 Å². The normalized spacial score (nSPS) is 10.3. The van der Waals surface area contributed by atoms with Crippen LogP contribution in [0.25, 0.3) is 0 Å². The molecule has 0 saturated carbocycles. The molecule has 88 valence electrons. The fourth-order valence-corrected chi connectivity index (χ4v) is 1.57. The van der Waals surface area contributed by atoms with Crippen LogP contribution >= 0.6 is 23.2 Å². The van der Waals surface area contributed by atoms with Crippen molar-refractivity contribution in [1.82, 2.24) is 5.16 Å². The zero-order chi connectivity index (χ0) is 12.4. The number of benzene rings is 1. The molecule has 0 aliphatic heterocycles. The van der Waals surface area contributed by atoms with Gasteiger partial charge in [0.25, 0.3) is 5.91 Å². The molecule has 0 aliphatic carbocycles. The van der Waals surface area contributed by atoms with Gasteiger partial charge in [0, 0.05) is 11.3 Å². The minimum absolute atomic E-state index is 0.246. The second-order valence-corrected chi connectivity index (χ2v) is 4.24. The third kappa shape index (κ3) is 2.60. The van der Waals surface area contributed by atoms with Gasteiger partial charge in [0.05, 0.1) is 10.0 Å². The molecule has 0 atom stereocenters. The minimum atomic E-state index is -0.352. The molecule has 0 fully saturated rings. The molecule has 1 aromatic heterocycles. The Bertz CT molecular complexity index is 566. The first kappa shape index (κ1) is 12.0. The number of aromatic nitrogens is 1. The molecule has 0 bridgehead atoms. The van der Waals surface area contributed by atoms with Crippen molar-refractivity contribution in [3.8, 4) is 0 Å². The van der Waals surface area contributed by atoms with Crippen LogP contribution in [0.5, 0.6) is 0 Å². The van der Waals surface area contributed by atoms with E-state index in [0.717, 1.165) is 0 Å². The first-order valence-corrected chi connectivity index (χ1v) is 5.51. The van der Waals surface area contributed by atoms with Crippen molar-refractivity contribution in [2.24, 2.45) is 0 Å². The number of nitrogens with one attached hydrogen (secondary N) is 1. The summed E-state index contributed by atoms with van der Waals surface area (Å²) in [6, 6.07) is 4.83. The SMILES string of the molecule is Cc1conc1C(=O)Nc1ccc(Cl)c(Cl)c1. The summed E-state index contributed by atoms with van der Waals surface area (Å²) in [4.78, 5) is 11.8. The predicted molar refractivity (Wildman–Crippen MR) is 65.7 cm³/mol. The summed E-state index contributed by atoms with van der Waals surface area (Å²) in [6.45, 7) is 1.74. The summed E-state index contributed by atoms with van der Waals surface area (Å²) in [7, 11) is 0. The average molecular weight is 271 g/mol. The number of hydrogen-bond acceptors (Lipinski definition) is 3. The summed E-state index contributed by atoms with van der Waals surface area (Å²) >= 11 is 11.6. The molecule has 1 aromatic carbocycles. The minimum Gasteiger partial charge on any atom is -0.364 e. The monoisotopic (exact) mass is 270 g/mol. The number of halogens is 2. The van der Waals surface area contributed by atoms with Crippen molar-refractivity contribution < 1.29 is 9.32 Å². The van der Waals surface area contributed by atoms with Gasteiger partial charge in [-0.3, -0.25) is 4.79 Å². The number of hydrogen-bond donors (Lipinski definition) is 1. The van der Waals surface area contributed by atoms with Gasteiger partial charge in [0.15, 0.2) is 5.69 Å². The Morgan fingerprint density at radius 3 is 2.71 bits per heavy atom. The standard InChI is InChI=1S/C11H8Cl2N2O2/c1-6-5-17-15-10(6)11(16)14-7-2-3-8(12)9(13)4-7/h2-5H,1H3,(H,14,16). The Hall–Kier alpha value is -1.52. The predicted octanol–water partition coefficient (Wildman–Crippen LogP) is 3.54. The molecule has 2 rings (SSSR count). The van der Waals surface area contributed by atoms with Gasteiger partial charge < -0.3 is 9.84 Å². The van der Waals surface area contributed by atoms with E-state index in [-0.39, 0.29) is 11.6 Å². The second kappa shape index (κ2) is 4.77. The van der Waals surface area contributed by atoms with E-state index < -0.39 is 0 Å². The van der Waals surface area contributed by atoms with E-state index in [1.165, 1.54) is 6.26 Å². The van der Waals surface area contributed by atoms with E-state index in [4.69, 9.17) is 23.2 Å². The highest BCUT2D eigenvalue weighted by atomic mass is 35.5. The van der Waals surface area contributed by atoms with E-state index in [2.05, 4.69) is 15.0 Å². The third-order valence-corrected chi connectivity index (χ3v) is 2.88. The first-order chi connectivity index (χ1) is 8.08. The lowest BCUT2D eigenvalue weighted by molar-refractivity contribution is 0.101. The largest absolute Gasteiger partial charge is 0.364 e. The molecule has 0 saturated heterocycles. The van der Waals surface area contributed by atoms with Crippen LogP contribution in [0.1, 0.15) is 16.1 Å². The molecule has 1 heterocycles. The first-order valence-electron chi connectivity index (χ1n) is 4.75. The molecule has 6 heteroatoms. The van der Waals surface area contributed by atoms with Gasteiger partial charge in [-0.05, 0) is 25.1 Å². The van der Waals surface area contributed by atoms with Crippen molar-refractivity contribution in [2.75, 3.05) is 5.32 Å². The number of amides is 1. The third-order valence-electron chi connectivity index (χ3n) is 2.14. The number of rotatable bonds is 2. The molecular weight excluding hydrogens is 263 g/mol. The molecule has 4 nitrogen and oxygen atoms in total. The van der Waals surface area contributed by atoms with Gasteiger partial charge in [0.1, 0.15) is 6.26 Å². The molecule has 0 radical (unpaired) electrons. The van der Waals surface area contributed by atoms with E-state index in [0.29, 0.717) is 21.3 Å². The van der Waals surface area contributed by atoms with Crippen molar-refractivity contribution in [3.05, 3.63) is 45.8 Å². The molecule has 1 amide bonds. The lowest BCUT2D eigenvalue weighted by Gasteiger charge is -2.04. The van der Waals surface area contributed by atoms with E-state index in [1.807, 2.05) is 0 Å². The van der Waals surface area contributed by atoms with Crippen LogP contribution in [0, 0.1) is 6.92 Å². The summed E-state index contributed by atoms with van der Waals surface area (Å²) < 4.78 is 4.69. The van der Waals surface area contributed by atoms with E-state index in [9.17, 15) is 4.79 Å². The fraction of sp³-hybridized carbons (Fsp3) is 0.0909. The zero-order valence-corrected chi connectivity index (χ0v) is 10.3. The van der Waals surface area contributed by atoms with E-state index in [1.54, 1.807) is 25.1 Å². The highest BCUT2D eigenvalue weighted by Crippen LogP contribution is 2.25. The van der Waals surface area contributed by atoms with Gasteiger partial charge in [-0.15, -0.1) is 0 Å². The summed E-state index contributed by atoms with van der Waals surface area (Å²) in [5.74, 6) is -0.352. The Balaban J connectivity index is 2.19. The van der Waals surface area contributed by atoms with Crippen LogP contribution in [0.15, 0.2) is 29.0 Å². The van der Waals surface area contributed by atoms with Crippen LogP contribution < -0.4 is 5.32 Å². The van der Waals surface area contributed by atoms with Gasteiger partial charge in [-0.1, -0.05) is 28.4 Å². The Morgan fingerprint density at radius 1 is 1.35 bits per heavy atom. The quantitative estimate of drug-likeness (QED) is 0.908. The number of aryl methyl sites for hydroxylation is 1. The smallest absolute Gasteiger partial charge is 0.278 e. The maximum Gasteiger partial charge on any atom is 0.278 e. The molecule has 0 aliphatic rings. The average Bonchev–Trinajstić information content (AvgIpc) is 2.70. The molecule has 0 spiro atoms. The van der Waals surface area contributed by atoms with Crippen LogP contribution in [-0.4, -0.2) is 11.1 Å². The Morgan fingerprint density at radius 2 is 2.12 bits per heavy atom. The molecule has 0 unspecified atom stereocenters. The van der Waals surface area contributed by atoms with Crippen molar-refractivity contribution in [3.63, 3.8) is 0 Å². The summed E-state index contributed by atoms with van der Waals surface area (Å²) in [5.41, 5.74) is 1.46. The number of carbonyl (C=O) groups is 1. The molecule has 1 N–H and O–H groups in total. The zero-order valence-electron chi connectivity index (χ0n) is 8.83.